The Morgan fingerprint density at radius 3 is 2.62 bits per heavy atom. The third-order valence-electron chi connectivity index (χ3n) is 3.82. The van der Waals surface area contributed by atoms with E-state index in [-0.39, 0.29) is 11.9 Å². The summed E-state index contributed by atoms with van der Waals surface area (Å²) in [7, 11) is 0. The van der Waals surface area contributed by atoms with E-state index in [0.717, 1.165) is 23.3 Å². The summed E-state index contributed by atoms with van der Waals surface area (Å²) in [5, 5.41) is 11.9. The number of nitriles is 1. The van der Waals surface area contributed by atoms with Crippen LogP contribution in [0.4, 0.5) is 0 Å². The lowest BCUT2D eigenvalue weighted by Crippen LogP contribution is -2.28. The predicted octanol–water partition coefficient (Wildman–Crippen LogP) is 4.23. The molecule has 1 atom stereocenters. The Balaban J connectivity index is 1.78. The molecule has 0 aliphatic carbocycles. The van der Waals surface area contributed by atoms with Gasteiger partial charge in [0.05, 0.1) is 23.4 Å². The van der Waals surface area contributed by atoms with Crippen LogP contribution >= 0.6 is 11.8 Å². The summed E-state index contributed by atoms with van der Waals surface area (Å²) in [5.41, 5.74) is 4.14. The molecule has 0 aliphatic heterocycles. The number of thioether (sulfide) groups is 1. The standard InChI is InChI=1S/C20H22N2OS/c1-3-16-7-9-19(10-8-16)15(2)22-20(23)14-24-13-18-6-4-5-17(11-18)12-21/h4-11,15H,3,13-14H2,1-2H3,(H,22,23)/t15-/m1/s1. The summed E-state index contributed by atoms with van der Waals surface area (Å²) < 4.78 is 0. The van der Waals surface area contributed by atoms with Gasteiger partial charge in [-0.15, -0.1) is 11.8 Å². The fourth-order valence-corrected chi connectivity index (χ4v) is 3.19. The first-order chi connectivity index (χ1) is 11.6. The van der Waals surface area contributed by atoms with E-state index in [4.69, 9.17) is 5.26 Å². The van der Waals surface area contributed by atoms with Crippen molar-refractivity contribution in [3.8, 4) is 6.07 Å². The maximum absolute atomic E-state index is 12.1. The molecule has 2 aromatic carbocycles. The molecule has 2 aromatic rings. The average Bonchev–Trinajstić information content (AvgIpc) is 2.62. The first kappa shape index (κ1) is 18.1. The third-order valence-corrected chi connectivity index (χ3v) is 4.83. The summed E-state index contributed by atoms with van der Waals surface area (Å²) in [4.78, 5) is 12.1. The Bertz CT molecular complexity index is 719. The summed E-state index contributed by atoms with van der Waals surface area (Å²) in [6, 6.07) is 18.0. The molecule has 2 rings (SSSR count). The minimum absolute atomic E-state index is 0.00548. The van der Waals surface area contributed by atoms with Crippen LogP contribution in [0.1, 0.15) is 42.1 Å². The number of hydrogen-bond acceptors (Lipinski definition) is 3. The van der Waals surface area contributed by atoms with Crippen LogP contribution in [-0.4, -0.2) is 11.7 Å². The fraction of sp³-hybridized carbons (Fsp3) is 0.300. The summed E-state index contributed by atoms with van der Waals surface area (Å²) >= 11 is 1.56. The molecule has 0 spiro atoms. The van der Waals surface area contributed by atoms with Crippen molar-refractivity contribution in [3.05, 3.63) is 70.8 Å². The van der Waals surface area contributed by atoms with Crippen LogP contribution in [-0.2, 0) is 17.0 Å². The Kier molecular flexibility index (Phi) is 6.89. The Morgan fingerprint density at radius 2 is 1.96 bits per heavy atom. The van der Waals surface area contributed by atoms with Crippen LogP contribution in [0.25, 0.3) is 0 Å². The Labute approximate surface area is 148 Å². The molecule has 1 N–H and O–H groups in total. The second-order valence-electron chi connectivity index (χ2n) is 5.69. The lowest BCUT2D eigenvalue weighted by Gasteiger charge is -2.14. The van der Waals surface area contributed by atoms with Crippen LogP contribution in [0.3, 0.4) is 0 Å². The van der Waals surface area contributed by atoms with Gasteiger partial charge in [-0.2, -0.15) is 5.26 Å². The van der Waals surface area contributed by atoms with Crippen molar-refractivity contribution in [1.82, 2.24) is 5.32 Å². The summed E-state index contributed by atoms with van der Waals surface area (Å²) in [6.07, 6.45) is 1.02. The van der Waals surface area contributed by atoms with Gasteiger partial charge in [0.1, 0.15) is 0 Å². The van der Waals surface area contributed by atoms with Gasteiger partial charge in [-0.25, -0.2) is 0 Å². The SMILES string of the molecule is CCc1ccc([C@@H](C)NC(=O)CSCc2cccc(C#N)c2)cc1. The highest BCUT2D eigenvalue weighted by Crippen LogP contribution is 2.16. The van der Waals surface area contributed by atoms with Crippen molar-refractivity contribution >= 4 is 17.7 Å². The number of carbonyl (C=O) groups excluding carboxylic acids is 1. The number of amides is 1. The van der Waals surface area contributed by atoms with Gasteiger partial charge in [-0.3, -0.25) is 4.79 Å². The molecule has 3 nitrogen and oxygen atoms in total. The summed E-state index contributed by atoms with van der Waals surface area (Å²) in [6.45, 7) is 4.13. The molecule has 124 valence electrons. The Morgan fingerprint density at radius 1 is 1.21 bits per heavy atom. The predicted molar refractivity (Wildman–Crippen MR) is 99.7 cm³/mol. The van der Waals surface area contributed by atoms with Crippen LogP contribution in [0.5, 0.6) is 0 Å². The normalized spacial score (nSPS) is 11.5. The van der Waals surface area contributed by atoms with Gasteiger partial charge in [-0.05, 0) is 42.2 Å². The van der Waals surface area contributed by atoms with Gasteiger partial charge in [0.15, 0.2) is 0 Å². The van der Waals surface area contributed by atoms with Gasteiger partial charge in [-0.1, -0.05) is 43.3 Å². The molecule has 24 heavy (non-hydrogen) atoms. The molecule has 0 bridgehead atoms. The topological polar surface area (TPSA) is 52.9 Å². The molecule has 0 fully saturated rings. The quantitative estimate of drug-likeness (QED) is 0.822. The monoisotopic (exact) mass is 338 g/mol. The van der Waals surface area contributed by atoms with Crippen molar-refractivity contribution in [2.75, 3.05) is 5.75 Å². The second kappa shape index (κ2) is 9.14. The van der Waals surface area contributed by atoms with E-state index in [9.17, 15) is 4.79 Å². The molecule has 0 aliphatic rings. The van der Waals surface area contributed by atoms with Gasteiger partial charge >= 0.3 is 0 Å². The van der Waals surface area contributed by atoms with Crippen molar-refractivity contribution in [2.24, 2.45) is 0 Å². The molecule has 0 aromatic heterocycles. The van der Waals surface area contributed by atoms with Gasteiger partial charge in [0.25, 0.3) is 0 Å². The number of benzene rings is 2. The largest absolute Gasteiger partial charge is 0.349 e. The van der Waals surface area contributed by atoms with E-state index in [1.54, 1.807) is 17.8 Å². The molecular weight excluding hydrogens is 316 g/mol. The van der Waals surface area contributed by atoms with Crippen LogP contribution in [0, 0.1) is 11.3 Å². The van der Waals surface area contributed by atoms with E-state index in [1.807, 2.05) is 25.1 Å². The average molecular weight is 338 g/mol. The number of nitrogens with one attached hydrogen (secondary N) is 1. The van der Waals surface area contributed by atoms with E-state index in [0.29, 0.717) is 11.3 Å². The maximum Gasteiger partial charge on any atom is 0.230 e. The van der Waals surface area contributed by atoms with Crippen molar-refractivity contribution in [3.63, 3.8) is 0 Å². The lowest BCUT2D eigenvalue weighted by atomic mass is 10.1. The molecule has 0 radical (unpaired) electrons. The van der Waals surface area contributed by atoms with Crippen LogP contribution in [0.2, 0.25) is 0 Å². The molecule has 0 heterocycles. The fourth-order valence-electron chi connectivity index (χ4n) is 2.40. The van der Waals surface area contributed by atoms with Crippen molar-refractivity contribution in [2.45, 2.75) is 32.1 Å². The number of nitrogens with zero attached hydrogens (tertiary/aromatic N) is 1. The van der Waals surface area contributed by atoms with Gasteiger partial charge in [0, 0.05) is 5.75 Å². The third kappa shape index (κ3) is 5.43. The minimum atomic E-state index is 0.00548. The molecular formula is C20H22N2OS. The maximum atomic E-state index is 12.1. The molecule has 0 unspecified atom stereocenters. The molecule has 1 amide bonds. The first-order valence-corrected chi connectivity index (χ1v) is 9.22. The van der Waals surface area contributed by atoms with Gasteiger partial charge < -0.3 is 5.32 Å². The van der Waals surface area contributed by atoms with Crippen LogP contribution in [0.15, 0.2) is 48.5 Å². The number of hydrogen-bond donors (Lipinski definition) is 1. The number of carbonyl (C=O) groups is 1. The lowest BCUT2D eigenvalue weighted by molar-refractivity contribution is -0.119. The second-order valence-corrected chi connectivity index (χ2v) is 6.67. The Hall–Kier alpha value is -2.25. The highest BCUT2D eigenvalue weighted by Gasteiger charge is 2.09. The zero-order valence-electron chi connectivity index (χ0n) is 14.1. The van der Waals surface area contributed by atoms with Crippen LogP contribution < -0.4 is 5.32 Å². The van der Waals surface area contributed by atoms with E-state index in [2.05, 4.69) is 42.6 Å². The number of aryl methyl sites for hydroxylation is 1. The first-order valence-electron chi connectivity index (χ1n) is 8.07. The highest BCUT2D eigenvalue weighted by atomic mass is 32.2. The molecule has 4 heteroatoms. The number of rotatable bonds is 7. The highest BCUT2D eigenvalue weighted by molar-refractivity contribution is 7.99. The van der Waals surface area contributed by atoms with E-state index in [1.165, 1.54) is 5.56 Å². The van der Waals surface area contributed by atoms with E-state index >= 15 is 0 Å². The zero-order valence-corrected chi connectivity index (χ0v) is 14.9. The molecule has 0 saturated carbocycles. The minimum Gasteiger partial charge on any atom is -0.349 e. The van der Waals surface area contributed by atoms with E-state index < -0.39 is 0 Å². The summed E-state index contributed by atoms with van der Waals surface area (Å²) in [5.74, 6) is 1.17. The molecule has 0 saturated heterocycles. The van der Waals surface area contributed by atoms with Gasteiger partial charge in [0.2, 0.25) is 5.91 Å². The smallest absolute Gasteiger partial charge is 0.230 e. The van der Waals surface area contributed by atoms with Crippen molar-refractivity contribution in [1.29, 1.82) is 5.26 Å². The zero-order chi connectivity index (χ0) is 17.4. The van der Waals surface area contributed by atoms with Crippen molar-refractivity contribution < 1.29 is 4.79 Å².